The number of halogens is 1. The first-order valence-corrected chi connectivity index (χ1v) is 4.41. The second kappa shape index (κ2) is 4.59. The molecule has 1 N–H and O–H groups in total. The number of carbonyl (C=O) groups is 1. The Balaban J connectivity index is 3.23. The summed E-state index contributed by atoms with van der Waals surface area (Å²) in [6, 6.07) is 3.97. The number of hydrogen-bond donors (Lipinski definition) is 1. The average molecular weight is 210 g/mol. The van der Waals surface area contributed by atoms with E-state index in [0.717, 1.165) is 6.07 Å². The highest BCUT2D eigenvalue weighted by Crippen LogP contribution is 2.21. The minimum atomic E-state index is -1.33. The van der Waals surface area contributed by atoms with Gasteiger partial charge >= 0.3 is 5.97 Å². The van der Waals surface area contributed by atoms with Crippen molar-refractivity contribution in [3.05, 3.63) is 41.7 Å². The minimum absolute atomic E-state index is 0.161. The first-order valence-electron chi connectivity index (χ1n) is 4.41. The van der Waals surface area contributed by atoms with Crippen molar-refractivity contribution in [3.8, 4) is 0 Å². The Morgan fingerprint density at radius 1 is 1.60 bits per heavy atom. The largest absolute Gasteiger partial charge is 0.494 e. The first kappa shape index (κ1) is 11.2. The molecule has 80 valence electrons. The van der Waals surface area contributed by atoms with E-state index in [1.54, 1.807) is 6.92 Å². The van der Waals surface area contributed by atoms with Crippen LogP contribution in [-0.2, 0) is 4.74 Å². The highest BCUT2D eigenvalue weighted by atomic mass is 19.1. The van der Waals surface area contributed by atoms with Crippen LogP contribution in [0, 0.1) is 5.82 Å². The molecule has 0 amide bonds. The maximum Gasteiger partial charge on any atom is 0.339 e. The normalized spacial score (nSPS) is 9.73. The molecule has 15 heavy (non-hydrogen) atoms. The van der Waals surface area contributed by atoms with Crippen LogP contribution in [-0.4, -0.2) is 17.7 Å². The molecule has 3 nitrogen and oxygen atoms in total. The fourth-order valence-electron chi connectivity index (χ4n) is 1.23. The van der Waals surface area contributed by atoms with Crippen LogP contribution in [0.2, 0.25) is 0 Å². The van der Waals surface area contributed by atoms with Gasteiger partial charge in [-0.3, -0.25) is 0 Å². The standard InChI is InChI=1S/C11H11FO3/c1-3-15-7(2)8-5-4-6-9(12)10(8)11(13)14/h4-6H,2-3H2,1H3,(H,13,14). The molecule has 0 aliphatic rings. The second-order valence-electron chi connectivity index (χ2n) is 2.82. The molecule has 0 saturated heterocycles. The maximum atomic E-state index is 13.2. The van der Waals surface area contributed by atoms with Gasteiger partial charge in [0.2, 0.25) is 0 Å². The molecular weight excluding hydrogens is 199 g/mol. The predicted molar refractivity (Wildman–Crippen MR) is 54.0 cm³/mol. The molecule has 1 aromatic rings. The molecule has 4 heteroatoms. The molecule has 0 atom stereocenters. The van der Waals surface area contributed by atoms with Gasteiger partial charge < -0.3 is 9.84 Å². The van der Waals surface area contributed by atoms with Crippen molar-refractivity contribution < 1.29 is 19.0 Å². The van der Waals surface area contributed by atoms with Crippen molar-refractivity contribution in [1.82, 2.24) is 0 Å². The third-order valence-corrected chi connectivity index (χ3v) is 1.85. The van der Waals surface area contributed by atoms with Crippen molar-refractivity contribution in [1.29, 1.82) is 0 Å². The molecule has 1 aromatic carbocycles. The van der Waals surface area contributed by atoms with E-state index in [-0.39, 0.29) is 11.3 Å². The van der Waals surface area contributed by atoms with Crippen molar-refractivity contribution in [2.75, 3.05) is 6.61 Å². The molecule has 0 saturated carbocycles. The van der Waals surface area contributed by atoms with Crippen molar-refractivity contribution >= 4 is 11.7 Å². The van der Waals surface area contributed by atoms with Gasteiger partial charge in [0.05, 0.1) is 6.61 Å². The zero-order valence-corrected chi connectivity index (χ0v) is 8.29. The molecule has 0 heterocycles. The van der Waals surface area contributed by atoms with E-state index < -0.39 is 17.3 Å². The molecule has 0 aromatic heterocycles. The van der Waals surface area contributed by atoms with Gasteiger partial charge in [0.25, 0.3) is 0 Å². The van der Waals surface area contributed by atoms with Gasteiger partial charge in [0, 0.05) is 5.56 Å². The Labute approximate surface area is 86.8 Å². The minimum Gasteiger partial charge on any atom is -0.494 e. The van der Waals surface area contributed by atoms with E-state index >= 15 is 0 Å². The van der Waals surface area contributed by atoms with Crippen LogP contribution in [0.15, 0.2) is 24.8 Å². The lowest BCUT2D eigenvalue weighted by Crippen LogP contribution is -2.06. The van der Waals surface area contributed by atoms with E-state index in [4.69, 9.17) is 9.84 Å². The smallest absolute Gasteiger partial charge is 0.339 e. The maximum absolute atomic E-state index is 13.2. The number of rotatable bonds is 4. The molecule has 0 aliphatic carbocycles. The topological polar surface area (TPSA) is 46.5 Å². The number of ether oxygens (including phenoxy) is 1. The number of carboxylic acids is 1. The highest BCUT2D eigenvalue weighted by Gasteiger charge is 2.17. The predicted octanol–water partition coefficient (Wildman–Crippen LogP) is 2.53. The zero-order chi connectivity index (χ0) is 11.4. The van der Waals surface area contributed by atoms with Crippen molar-refractivity contribution in [2.45, 2.75) is 6.92 Å². The summed E-state index contributed by atoms with van der Waals surface area (Å²) in [5.74, 6) is -1.96. The molecule has 0 fully saturated rings. The summed E-state index contributed by atoms with van der Waals surface area (Å²) in [5.41, 5.74) is -0.236. The zero-order valence-electron chi connectivity index (χ0n) is 8.29. The SMILES string of the molecule is C=C(OCC)c1cccc(F)c1C(=O)O. The fraction of sp³-hybridized carbons (Fsp3) is 0.182. The van der Waals surface area contributed by atoms with E-state index in [0.29, 0.717) is 6.61 Å². The summed E-state index contributed by atoms with van der Waals surface area (Å²) < 4.78 is 18.3. The Morgan fingerprint density at radius 2 is 2.27 bits per heavy atom. The van der Waals surface area contributed by atoms with E-state index in [1.807, 2.05) is 0 Å². The highest BCUT2D eigenvalue weighted by molar-refractivity contribution is 5.93. The van der Waals surface area contributed by atoms with Crippen LogP contribution in [0.5, 0.6) is 0 Å². The van der Waals surface area contributed by atoms with Crippen molar-refractivity contribution in [3.63, 3.8) is 0 Å². The fourth-order valence-corrected chi connectivity index (χ4v) is 1.23. The van der Waals surface area contributed by atoms with Gasteiger partial charge in [0.1, 0.15) is 17.1 Å². The number of benzene rings is 1. The Bertz CT molecular complexity index is 399. The molecule has 0 radical (unpaired) electrons. The third kappa shape index (κ3) is 2.34. The Kier molecular flexibility index (Phi) is 3.44. The van der Waals surface area contributed by atoms with Gasteiger partial charge in [0.15, 0.2) is 0 Å². The summed E-state index contributed by atoms with van der Waals surface area (Å²) in [5, 5.41) is 8.83. The number of aromatic carboxylic acids is 1. The molecule has 0 spiro atoms. The summed E-state index contributed by atoms with van der Waals surface area (Å²) in [4.78, 5) is 10.8. The molecule has 0 bridgehead atoms. The van der Waals surface area contributed by atoms with Gasteiger partial charge in [-0.05, 0) is 13.0 Å². The lowest BCUT2D eigenvalue weighted by atomic mass is 10.1. The number of hydrogen-bond acceptors (Lipinski definition) is 2. The Hall–Kier alpha value is -1.84. The quantitative estimate of drug-likeness (QED) is 0.777. The van der Waals surface area contributed by atoms with E-state index in [1.165, 1.54) is 12.1 Å². The lowest BCUT2D eigenvalue weighted by molar-refractivity contribution is 0.0691. The van der Waals surface area contributed by atoms with Crippen LogP contribution in [0.25, 0.3) is 5.76 Å². The lowest BCUT2D eigenvalue weighted by Gasteiger charge is -2.10. The van der Waals surface area contributed by atoms with Crippen LogP contribution >= 0.6 is 0 Å². The number of carboxylic acid groups (broad SMARTS) is 1. The summed E-state index contributed by atoms with van der Waals surface area (Å²) in [7, 11) is 0. The van der Waals surface area contributed by atoms with Gasteiger partial charge in [-0.15, -0.1) is 0 Å². The van der Waals surface area contributed by atoms with E-state index in [2.05, 4.69) is 6.58 Å². The molecular formula is C11H11FO3. The Morgan fingerprint density at radius 3 is 2.80 bits per heavy atom. The van der Waals surface area contributed by atoms with Crippen LogP contribution in [0.1, 0.15) is 22.8 Å². The van der Waals surface area contributed by atoms with Gasteiger partial charge in [-0.2, -0.15) is 0 Å². The first-order chi connectivity index (χ1) is 7.07. The molecule has 0 unspecified atom stereocenters. The van der Waals surface area contributed by atoms with Crippen LogP contribution < -0.4 is 0 Å². The van der Waals surface area contributed by atoms with Crippen LogP contribution in [0.3, 0.4) is 0 Å². The summed E-state index contributed by atoms with van der Waals surface area (Å²) in [6.45, 7) is 5.64. The molecule has 0 aliphatic heterocycles. The average Bonchev–Trinajstić information content (AvgIpc) is 2.17. The molecule has 1 rings (SSSR count). The third-order valence-electron chi connectivity index (χ3n) is 1.85. The van der Waals surface area contributed by atoms with Gasteiger partial charge in [-0.1, -0.05) is 18.7 Å². The summed E-state index contributed by atoms with van der Waals surface area (Å²) >= 11 is 0. The van der Waals surface area contributed by atoms with Crippen LogP contribution in [0.4, 0.5) is 4.39 Å². The summed E-state index contributed by atoms with van der Waals surface area (Å²) in [6.07, 6.45) is 0. The second-order valence-corrected chi connectivity index (χ2v) is 2.82. The monoisotopic (exact) mass is 210 g/mol. The van der Waals surface area contributed by atoms with Crippen molar-refractivity contribution in [2.24, 2.45) is 0 Å². The van der Waals surface area contributed by atoms with Gasteiger partial charge in [-0.25, -0.2) is 9.18 Å². The van der Waals surface area contributed by atoms with E-state index in [9.17, 15) is 9.18 Å².